The van der Waals surface area contributed by atoms with Crippen LogP contribution in [0.25, 0.3) is 10.9 Å². The summed E-state index contributed by atoms with van der Waals surface area (Å²) < 4.78 is 0. The van der Waals surface area contributed by atoms with Gasteiger partial charge in [0.1, 0.15) is 0 Å². The molecule has 0 amide bonds. The summed E-state index contributed by atoms with van der Waals surface area (Å²) in [7, 11) is 0. The molecule has 0 fully saturated rings. The van der Waals surface area contributed by atoms with Crippen LogP contribution in [0.2, 0.25) is 5.02 Å². The second kappa shape index (κ2) is 5.24. The van der Waals surface area contributed by atoms with Crippen LogP contribution in [0.4, 0.5) is 5.69 Å². The number of hydrogen-bond donors (Lipinski definition) is 1. The van der Waals surface area contributed by atoms with Gasteiger partial charge in [-0.25, -0.2) is 0 Å². The average molecular weight is 270 g/mol. The van der Waals surface area contributed by atoms with E-state index in [1.165, 1.54) is 0 Å². The number of pyridine rings is 1. The number of hydrazone groups is 1. The molecule has 1 heterocycles. The highest BCUT2D eigenvalue weighted by molar-refractivity contribution is 6.31. The molecule has 1 aromatic carbocycles. The standard InChI is InChI=1S/C15H12ClN3/c16-12-5-6-13-14(7-8-17-15(13)9-12)19-18-10-11-3-1-2-4-11/h1-11H,(H,17,19)/b18-10+. The van der Waals surface area contributed by atoms with Crippen molar-refractivity contribution in [2.75, 3.05) is 5.43 Å². The monoisotopic (exact) mass is 269 g/mol. The normalized spacial score (nSPS) is 14.8. The smallest absolute Gasteiger partial charge is 0.0738 e. The Balaban J connectivity index is 1.84. The van der Waals surface area contributed by atoms with E-state index in [1.807, 2.05) is 42.6 Å². The lowest BCUT2D eigenvalue weighted by molar-refractivity contribution is 1.17. The van der Waals surface area contributed by atoms with Crippen molar-refractivity contribution in [3.05, 3.63) is 59.8 Å². The van der Waals surface area contributed by atoms with Gasteiger partial charge in [0, 0.05) is 28.7 Å². The Bertz CT molecular complexity index is 677. The first kappa shape index (κ1) is 11.9. The molecule has 2 aromatic rings. The van der Waals surface area contributed by atoms with E-state index >= 15 is 0 Å². The third kappa shape index (κ3) is 2.66. The number of anilines is 1. The van der Waals surface area contributed by atoms with Crippen molar-refractivity contribution in [1.29, 1.82) is 0 Å². The molecule has 1 aliphatic carbocycles. The van der Waals surface area contributed by atoms with Crippen molar-refractivity contribution in [2.24, 2.45) is 11.0 Å². The molecular weight excluding hydrogens is 258 g/mol. The summed E-state index contributed by atoms with van der Waals surface area (Å²) in [6, 6.07) is 7.53. The summed E-state index contributed by atoms with van der Waals surface area (Å²) in [5.74, 6) is 0.273. The summed E-state index contributed by atoms with van der Waals surface area (Å²) in [5.41, 5.74) is 4.83. The molecule has 0 atom stereocenters. The largest absolute Gasteiger partial charge is 0.278 e. The van der Waals surface area contributed by atoms with Gasteiger partial charge in [-0.15, -0.1) is 0 Å². The SMILES string of the molecule is Clc1ccc2c(N/N=C/C3C=CC=C3)ccnc2c1. The Morgan fingerprint density at radius 1 is 1.21 bits per heavy atom. The van der Waals surface area contributed by atoms with Crippen molar-refractivity contribution in [3.63, 3.8) is 0 Å². The minimum absolute atomic E-state index is 0.273. The average Bonchev–Trinajstić information content (AvgIpc) is 2.92. The summed E-state index contributed by atoms with van der Waals surface area (Å²) in [5, 5.41) is 5.94. The predicted octanol–water partition coefficient (Wildman–Crippen LogP) is 4.03. The van der Waals surface area contributed by atoms with Crippen LogP contribution in [0.5, 0.6) is 0 Å². The van der Waals surface area contributed by atoms with Gasteiger partial charge in [0.15, 0.2) is 0 Å². The predicted molar refractivity (Wildman–Crippen MR) is 80.6 cm³/mol. The van der Waals surface area contributed by atoms with E-state index in [0.29, 0.717) is 5.02 Å². The number of rotatable bonds is 3. The second-order valence-electron chi connectivity index (χ2n) is 4.26. The van der Waals surface area contributed by atoms with Gasteiger partial charge in [-0.3, -0.25) is 10.4 Å². The summed E-state index contributed by atoms with van der Waals surface area (Å²) in [4.78, 5) is 4.29. The first-order valence-electron chi connectivity index (χ1n) is 6.01. The zero-order valence-electron chi connectivity index (χ0n) is 10.1. The second-order valence-corrected chi connectivity index (χ2v) is 4.69. The first-order chi connectivity index (χ1) is 9.33. The van der Waals surface area contributed by atoms with Gasteiger partial charge in [-0.1, -0.05) is 35.9 Å². The van der Waals surface area contributed by atoms with Gasteiger partial charge in [-0.05, 0) is 24.3 Å². The topological polar surface area (TPSA) is 37.3 Å². The van der Waals surface area contributed by atoms with Gasteiger partial charge < -0.3 is 0 Å². The molecule has 94 valence electrons. The Morgan fingerprint density at radius 2 is 2.05 bits per heavy atom. The van der Waals surface area contributed by atoms with E-state index in [4.69, 9.17) is 11.6 Å². The van der Waals surface area contributed by atoms with E-state index in [1.54, 1.807) is 6.20 Å². The summed E-state index contributed by atoms with van der Waals surface area (Å²) in [6.07, 6.45) is 11.8. The van der Waals surface area contributed by atoms with Crippen LogP contribution in [-0.2, 0) is 0 Å². The molecule has 3 rings (SSSR count). The van der Waals surface area contributed by atoms with E-state index < -0.39 is 0 Å². The number of benzene rings is 1. The van der Waals surface area contributed by atoms with Crippen LogP contribution in [-0.4, -0.2) is 11.2 Å². The van der Waals surface area contributed by atoms with Crippen molar-refractivity contribution in [1.82, 2.24) is 4.98 Å². The van der Waals surface area contributed by atoms with Gasteiger partial charge >= 0.3 is 0 Å². The fourth-order valence-corrected chi connectivity index (χ4v) is 2.13. The quantitative estimate of drug-likeness (QED) is 0.675. The lowest BCUT2D eigenvalue weighted by atomic mass is 10.2. The van der Waals surface area contributed by atoms with Crippen molar-refractivity contribution in [2.45, 2.75) is 0 Å². The molecule has 0 spiro atoms. The lowest BCUT2D eigenvalue weighted by Gasteiger charge is -2.05. The minimum Gasteiger partial charge on any atom is -0.278 e. The molecule has 0 unspecified atom stereocenters. The number of fused-ring (bicyclic) bond motifs is 1. The molecule has 1 aromatic heterocycles. The lowest BCUT2D eigenvalue weighted by Crippen LogP contribution is -1.96. The van der Waals surface area contributed by atoms with Crippen LogP contribution in [0.15, 0.2) is 59.9 Å². The van der Waals surface area contributed by atoms with Gasteiger partial charge in [0.25, 0.3) is 0 Å². The number of nitrogens with one attached hydrogen (secondary N) is 1. The van der Waals surface area contributed by atoms with Crippen LogP contribution in [0.1, 0.15) is 0 Å². The van der Waals surface area contributed by atoms with Crippen LogP contribution in [0.3, 0.4) is 0 Å². The molecule has 0 radical (unpaired) electrons. The fourth-order valence-electron chi connectivity index (χ4n) is 1.96. The number of halogens is 1. The highest BCUT2D eigenvalue weighted by atomic mass is 35.5. The molecule has 3 nitrogen and oxygen atoms in total. The number of hydrogen-bond acceptors (Lipinski definition) is 3. The number of aromatic nitrogens is 1. The Kier molecular flexibility index (Phi) is 3.29. The first-order valence-corrected chi connectivity index (χ1v) is 6.39. The van der Waals surface area contributed by atoms with E-state index in [-0.39, 0.29) is 5.92 Å². The minimum atomic E-state index is 0.273. The van der Waals surface area contributed by atoms with Crippen molar-refractivity contribution >= 4 is 34.4 Å². The fraction of sp³-hybridized carbons (Fsp3) is 0.0667. The summed E-state index contributed by atoms with van der Waals surface area (Å²) >= 11 is 5.96. The summed E-state index contributed by atoms with van der Waals surface area (Å²) in [6.45, 7) is 0. The van der Waals surface area contributed by atoms with E-state index in [9.17, 15) is 0 Å². The highest BCUT2D eigenvalue weighted by Crippen LogP contribution is 2.24. The van der Waals surface area contributed by atoms with E-state index in [0.717, 1.165) is 16.6 Å². The van der Waals surface area contributed by atoms with Crippen LogP contribution >= 0.6 is 11.6 Å². The molecule has 1 aliphatic rings. The molecule has 4 heteroatoms. The molecule has 0 aliphatic heterocycles. The van der Waals surface area contributed by atoms with Gasteiger partial charge in [0.05, 0.1) is 11.2 Å². The van der Waals surface area contributed by atoms with Crippen LogP contribution < -0.4 is 5.43 Å². The van der Waals surface area contributed by atoms with Crippen molar-refractivity contribution in [3.8, 4) is 0 Å². The Morgan fingerprint density at radius 3 is 2.89 bits per heavy atom. The van der Waals surface area contributed by atoms with Gasteiger partial charge in [0.2, 0.25) is 0 Å². The van der Waals surface area contributed by atoms with Gasteiger partial charge in [-0.2, -0.15) is 5.10 Å². The maximum atomic E-state index is 5.96. The number of nitrogens with zero attached hydrogens (tertiary/aromatic N) is 2. The van der Waals surface area contributed by atoms with Crippen molar-refractivity contribution < 1.29 is 0 Å². The maximum Gasteiger partial charge on any atom is 0.0738 e. The Labute approximate surface area is 116 Å². The third-order valence-electron chi connectivity index (χ3n) is 2.91. The zero-order valence-corrected chi connectivity index (χ0v) is 10.9. The molecule has 19 heavy (non-hydrogen) atoms. The molecular formula is C15H12ClN3. The number of allylic oxidation sites excluding steroid dienone is 4. The Hall–Kier alpha value is -2.13. The molecule has 1 N–H and O–H groups in total. The molecule has 0 bridgehead atoms. The maximum absolute atomic E-state index is 5.96. The highest BCUT2D eigenvalue weighted by Gasteiger charge is 2.02. The van der Waals surface area contributed by atoms with Crippen LogP contribution in [0, 0.1) is 5.92 Å². The molecule has 0 saturated heterocycles. The van der Waals surface area contributed by atoms with E-state index in [2.05, 4.69) is 27.7 Å². The molecule has 0 saturated carbocycles. The third-order valence-corrected chi connectivity index (χ3v) is 3.15. The zero-order chi connectivity index (χ0) is 13.1.